The molecule has 0 bridgehead atoms. The van der Waals surface area contributed by atoms with Crippen LogP contribution in [0.5, 0.6) is 0 Å². The van der Waals surface area contributed by atoms with Gasteiger partial charge in [0.2, 0.25) is 0 Å². The van der Waals surface area contributed by atoms with E-state index in [0.717, 1.165) is 16.9 Å². The van der Waals surface area contributed by atoms with Crippen LogP contribution in [0.25, 0.3) is 0 Å². The third-order valence-electron chi connectivity index (χ3n) is 3.02. The van der Waals surface area contributed by atoms with Crippen LogP contribution in [0.1, 0.15) is 15.9 Å². The fourth-order valence-electron chi connectivity index (χ4n) is 1.96. The highest BCUT2D eigenvalue weighted by Crippen LogP contribution is 2.20. The molecule has 0 saturated carbocycles. The maximum atomic E-state index is 12.4. The molecular weight excluding hydrogens is 236 g/mol. The van der Waals surface area contributed by atoms with Gasteiger partial charge in [0.1, 0.15) is 0 Å². The van der Waals surface area contributed by atoms with Crippen LogP contribution in [0.4, 0.5) is 11.4 Å². The number of hydrogen-bond donors (Lipinski definition) is 1. The van der Waals surface area contributed by atoms with Crippen molar-refractivity contribution in [2.45, 2.75) is 6.92 Å². The summed E-state index contributed by atoms with van der Waals surface area (Å²) >= 11 is 0. The van der Waals surface area contributed by atoms with Crippen LogP contribution in [0.2, 0.25) is 0 Å². The molecule has 2 aromatic rings. The number of benzene rings is 2. The van der Waals surface area contributed by atoms with Crippen molar-refractivity contribution in [3.05, 3.63) is 59.7 Å². The molecule has 0 heterocycles. The number of amides is 1. The van der Waals surface area contributed by atoms with Gasteiger partial charge >= 0.3 is 0 Å². The van der Waals surface area contributed by atoms with Gasteiger partial charge in [-0.1, -0.05) is 30.3 Å². The molecule has 0 spiro atoms. The number of nitrogens with zero attached hydrogens (tertiary/aromatic N) is 1. The summed E-state index contributed by atoms with van der Waals surface area (Å²) in [7, 11) is 3.86. The Hall–Kier alpha value is -2.29. The molecule has 2 aromatic carbocycles. The molecule has 1 amide bonds. The normalized spacial score (nSPS) is 10.1. The molecule has 3 nitrogen and oxygen atoms in total. The van der Waals surface area contributed by atoms with E-state index in [9.17, 15) is 4.79 Å². The van der Waals surface area contributed by atoms with Crippen molar-refractivity contribution in [1.29, 1.82) is 0 Å². The Labute approximate surface area is 113 Å². The standard InChI is InChI=1S/C16H18N2O/c1-12-8-4-6-10-14(12)17-16(19)13-9-5-7-11-15(13)18(2)3/h4-11H,1-3H3,(H,17,19). The lowest BCUT2D eigenvalue weighted by Crippen LogP contribution is -2.18. The van der Waals surface area contributed by atoms with E-state index in [1.165, 1.54) is 0 Å². The average molecular weight is 254 g/mol. The molecule has 2 rings (SSSR count). The number of hydrogen-bond acceptors (Lipinski definition) is 2. The van der Waals surface area contributed by atoms with Gasteiger partial charge in [0.15, 0.2) is 0 Å². The Bertz CT molecular complexity index is 591. The van der Waals surface area contributed by atoms with Crippen molar-refractivity contribution in [1.82, 2.24) is 0 Å². The van der Waals surface area contributed by atoms with Gasteiger partial charge in [-0.15, -0.1) is 0 Å². The third-order valence-corrected chi connectivity index (χ3v) is 3.02. The number of nitrogens with one attached hydrogen (secondary N) is 1. The van der Waals surface area contributed by atoms with Gasteiger partial charge in [-0.25, -0.2) is 0 Å². The average Bonchev–Trinajstić information content (AvgIpc) is 2.41. The van der Waals surface area contributed by atoms with E-state index in [2.05, 4.69) is 5.32 Å². The van der Waals surface area contributed by atoms with Crippen LogP contribution in [-0.4, -0.2) is 20.0 Å². The van der Waals surface area contributed by atoms with Crippen LogP contribution in [0, 0.1) is 6.92 Å². The minimum Gasteiger partial charge on any atom is -0.377 e. The number of rotatable bonds is 3. The molecule has 0 fully saturated rings. The zero-order chi connectivity index (χ0) is 13.8. The van der Waals surface area contributed by atoms with Gasteiger partial charge in [0.05, 0.1) is 5.56 Å². The summed E-state index contributed by atoms with van der Waals surface area (Å²) in [5.41, 5.74) is 3.49. The monoisotopic (exact) mass is 254 g/mol. The first-order valence-corrected chi connectivity index (χ1v) is 6.23. The maximum absolute atomic E-state index is 12.4. The van der Waals surface area contributed by atoms with Gasteiger partial charge in [0, 0.05) is 25.5 Å². The zero-order valence-corrected chi connectivity index (χ0v) is 11.5. The van der Waals surface area contributed by atoms with Crippen LogP contribution >= 0.6 is 0 Å². The molecule has 0 unspecified atom stereocenters. The quantitative estimate of drug-likeness (QED) is 0.911. The van der Waals surface area contributed by atoms with Gasteiger partial charge in [-0.05, 0) is 30.7 Å². The molecule has 1 N–H and O–H groups in total. The van der Waals surface area contributed by atoms with E-state index in [-0.39, 0.29) is 5.91 Å². The van der Waals surface area contributed by atoms with Crippen molar-refractivity contribution in [2.75, 3.05) is 24.3 Å². The highest BCUT2D eigenvalue weighted by molar-refractivity contribution is 6.08. The second kappa shape index (κ2) is 5.57. The molecule has 0 aliphatic carbocycles. The molecule has 19 heavy (non-hydrogen) atoms. The van der Waals surface area contributed by atoms with Crippen LogP contribution in [0.3, 0.4) is 0 Å². The summed E-state index contributed by atoms with van der Waals surface area (Å²) in [5, 5.41) is 2.96. The first-order valence-electron chi connectivity index (χ1n) is 6.23. The first-order chi connectivity index (χ1) is 9.09. The molecule has 0 aromatic heterocycles. The summed E-state index contributed by atoms with van der Waals surface area (Å²) in [5.74, 6) is -0.0846. The molecule has 0 saturated heterocycles. The van der Waals surface area contributed by atoms with E-state index >= 15 is 0 Å². The van der Waals surface area contributed by atoms with Gasteiger partial charge in [0.25, 0.3) is 5.91 Å². The predicted octanol–water partition coefficient (Wildman–Crippen LogP) is 3.31. The Morgan fingerprint density at radius 2 is 1.63 bits per heavy atom. The second-order valence-electron chi connectivity index (χ2n) is 4.68. The fraction of sp³-hybridized carbons (Fsp3) is 0.188. The van der Waals surface area contributed by atoms with Gasteiger partial charge in [-0.3, -0.25) is 4.79 Å². The lowest BCUT2D eigenvalue weighted by Gasteiger charge is -2.17. The van der Waals surface area contributed by atoms with Crippen molar-refractivity contribution < 1.29 is 4.79 Å². The number of para-hydroxylation sites is 2. The van der Waals surface area contributed by atoms with Crippen LogP contribution < -0.4 is 10.2 Å². The lowest BCUT2D eigenvalue weighted by atomic mass is 10.1. The number of carbonyl (C=O) groups is 1. The second-order valence-corrected chi connectivity index (χ2v) is 4.68. The van der Waals surface area contributed by atoms with E-state index in [4.69, 9.17) is 0 Å². The molecule has 0 radical (unpaired) electrons. The number of anilines is 2. The number of carbonyl (C=O) groups excluding carboxylic acids is 1. The molecule has 0 atom stereocenters. The summed E-state index contributed by atoms with van der Waals surface area (Å²) in [4.78, 5) is 14.3. The zero-order valence-electron chi connectivity index (χ0n) is 11.5. The SMILES string of the molecule is Cc1ccccc1NC(=O)c1ccccc1N(C)C. The lowest BCUT2D eigenvalue weighted by molar-refractivity contribution is 0.102. The minimum absolute atomic E-state index is 0.0846. The summed E-state index contributed by atoms with van der Waals surface area (Å²) in [6, 6.07) is 15.3. The van der Waals surface area contributed by atoms with Crippen LogP contribution in [-0.2, 0) is 0 Å². The summed E-state index contributed by atoms with van der Waals surface area (Å²) in [6.45, 7) is 1.98. The van der Waals surface area contributed by atoms with Crippen molar-refractivity contribution >= 4 is 17.3 Å². The summed E-state index contributed by atoms with van der Waals surface area (Å²) < 4.78 is 0. The maximum Gasteiger partial charge on any atom is 0.257 e. The minimum atomic E-state index is -0.0846. The smallest absolute Gasteiger partial charge is 0.257 e. The Balaban J connectivity index is 2.29. The van der Waals surface area contributed by atoms with Gasteiger partial charge < -0.3 is 10.2 Å². The topological polar surface area (TPSA) is 32.3 Å². The van der Waals surface area contributed by atoms with Crippen molar-refractivity contribution in [3.63, 3.8) is 0 Å². The van der Waals surface area contributed by atoms with Gasteiger partial charge in [-0.2, -0.15) is 0 Å². The largest absolute Gasteiger partial charge is 0.377 e. The van der Waals surface area contributed by atoms with Crippen molar-refractivity contribution in [3.8, 4) is 0 Å². The van der Waals surface area contributed by atoms with E-state index in [0.29, 0.717) is 5.56 Å². The Morgan fingerprint density at radius 1 is 1.00 bits per heavy atom. The first kappa shape index (κ1) is 13.1. The third kappa shape index (κ3) is 2.94. The molecule has 0 aliphatic heterocycles. The van der Waals surface area contributed by atoms with Crippen LogP contribution in [0.15, 0.2) is 48.5 Å². The van der Waals surface area contributed by atoms with Crippen molar-refractivity contribution in [2.24, 2.45) is 0 Å². The predicted molar refractivity (Wildman–Crippen MR) is 79.9 cm³/mol. The highest BCUT2D eigenvalue weighted by Gasteiger charge is 2.12. The Morgan fingerprint density at radius 3 is 2.32 bits per heavy atom. The van der Waals surface area contributed by atoms with E-state index < -0.39 is 0 Å². The molecule has 0 aliphatic rings. The molecular formula is C16H18N2O. The Kier molecular flexibility index (Phi) is 3.85. The highest BCUT2D eigenvalue weighted by atomic mass is 16.1. The summed E-state index contributed by atoms with van der Waals surface area (Å²) in [6.07, 6.45) is 0. The van der Waals surface area contributed by atoms with E-state index in [1.54, 1.807) is 0 Å². The molecule has 98 valence electrons. The van der Waals surface area contributed by atoms with E-state index in [1.807, 2.05) is 74.4 Å². The number of aryl methyl sites for hydroxylation is 1. The fourth-order valence-corrected chi connectivity index (χ4v) is 1.96. The molecule has 3 heteroatoms.